The van der Waals surface area contributed by atoms with Crippen molar-refractivity contribution in [2.45, 2.75) is 95.6 Å². The van der Waals surface area contributed by atoms with E-state index in [1.165, 1.54) is 12.1 Å². The smallest absolute Gasteiger partial charge is 0.492 e. The number of rotatable bonds is 37. The maximum atomic E-state index is 17.7. The van der Waals surface area contributed by atoms with E-state index in [1.54, 1.807) is 18.2 Å². The first-order valence-electron chi connectivity index (χ1n) is 26.6. The third-order valence-corrected chi connectivity index (χ3v) is 14.6. The summed E-state index contributed by atoms with van der Waals surface area (Å²) in [6, 6.07) is 10.8. The van der Waals surface area contributed by atoms with Gasteiger partial charge in [0.2, 0.25) is 29.5 Å². The molecule has 0 fully saturated rings. The molecule has 79 heavy (non-hydrogen) atoms. The Morgan fingerprint density at radius 1 is 0.759 bits per heavy atom. The fraction of sp³-hybridized carbons (Fsp3) is 0.558. The number of aromatic nitrogens is 2. The number of nitrogens with one attached hydrogen (secondary N) is 3. The first-order chi connectivity index (χ1) is 37.5. The summed E-state index contributed by atoms with van der Waals surface area (Å²) in [5, 5.41) is 52.8. The molecule has 22 nitrogen and oxygen atoms in total. The van der Waals surface area contributed by atoms with E-state index >= 15 is 8.63 Å². The zero-order valence-electron chi connectivity index (χ0n) is 46.4. The molecule has 2 aromatic heterocycles. The molecule has 7 N–H and O–H groups in total. The van der Waals surface area contributed by atoms with Crippen molar-refractivity contribution < 1.29 is 85.6 Å². The third kappa shape index (κ3) is 20.3. The second kappa shape index (κ2) is 31.0. The van der Waals surface area contributed by atoms with Crippen LogP contribution < -0.4 is 20.8 Å². The molecule has 4 heterocycles. The van der Waals surface area contributed by atoms with Crippen molar-refractivity contribution in [3.63, 3.8) is 0 Å². The Morgan fingerprint density at radius 3 is 2.13 bits per heavy atom. The summed E-state index contributed by atoms with van der Waals surface area (Å²) < 4.78 is 48.8. The molecular formula is C52H80BF2N9O13S2+2. The zero-order chi connectivity index (χ0) is 57.8. The highest BCUT2D eigenvalue weighted by atomic mass is 32.2. The van der Waals surface area contributed by atoms with Gasteiger partial charge in [-0.05, 0) is 101 Å². The number of carbonyl (C=O) groups is 4. The number of benzene rings is 1. The van der Waals surface area contributed by atoms with Gasteiger partial charge in [0.25, 0.3) is 0 Å². The molecule has 0 radical (unpaired) electrons. The van der Waals surface area contributed by atoms with Crippen LogP contribution in [0.3, 0.4) is 0 Å². The lowest BCUT2D eigenvalue weighted by molar-refractivity contribution is -0.870. The van der Waals surface area contributed by atoms with Gasteiger partial charge in [0.1, 0.15) is 12.1 Å². The van der Waals surface area contributed by atoms with Crippen molar-refractivity contribution in [1.82, 2.24) is 30.1 Å². The van der Waals surface area contributed by atoms with Crippen LogP contribution in [0.15, 0.2) is 65.9 Å². The Labute approximate surface area is 469 Å². The Morgan fingerprint density at radius 2 is 1.44 bits per heavy atom. The molecule has 2 aliphatic heterocycles. The summed E-state index contributed by atoms with van der Waals surface area (Å²) >= 11 is 1.40. The summed E-state index contributed by atoms with van der Waals surface area (Å²) in [6.07, 6.45) is 9.05. The quantitative estimate of drug-likeness (QED) is 0.00964. The lowest BCUT2D eigenvalue weighted by Crippen LogP contribution is -2.55. The van der Waals surface area contributed by atoms with Crippen molar-refractivity contribution in [2.24, 2.45) is 0 Å². The maximum Gasteiger partial charge on any atom is 0.737 e. The van der Waals surface area contributed by atoms with Crippen LogP contribution in [-0.4, -0.2) is 190 Å². The van der Waals surface area contributed by atoms with E-state index in [-0.39, 0.29) is 43.7 Å². The average molecular weight is 1150 g/mol. The minimum Gasteiger partial charge on any atom is -0.492 e. The summed E-state index contributed by atoms with van der Waals surface area (Å²) in [5.74, 6) is -3.09. The van der Waals surface area contributed by atoms with Crippen molar-refractivity contribution in [3.05, 3.63) is 88.4 Å². The number of likely N-dealkylation sites (N-methyl/N-ethyl adjacent to an activating group) is 1. The largest absolute Gasteiger partial charge is 0.737 e. The Bertz CT molecular complexity index is 2570. The number of allylic oxidation sites excluding steroid dienone is 2. The number of aromatic hydroxyl groups is 2. The van der Waals surface area contributed by atoms with Crippen LogP contribution in [-0.2, 0) is 50.8 Å². The Hall–Kier alpha value is -5.33. The molecule has 0 aliphatic carbocycles. The highest BCUT2D eigenvalue weighted by Gasteiger charge is 2.54. The third-order valence-electron chi connectivity index (χ3n) is 13.4. The summed E-state index contributed by atoms with van der Waals surface area (Å²) in [7, 11) is 14.3. The number of fused-ring (bicyclic) bond motifs is 2. The van der Waals surface area contributed by atoms with E-state index in [1.807, 2.05) is 42.3 Å². The van der Waals surface area contributed by atoms with Crippen LogP contribution in [0, 0.1) is 0 Å². The van der Waals surface area contributed by atoms with Gasteiger partial charge in [-0.1, -0.05) is 34.7 Å². The van der Waals surface area contributed by atoms with Crippen molar-refractivity contribution in [3.8, 4) is 11.8 Å². The molecule has 2 aliphatic rings. The van der Waals surface area contributed by atoms with Crippen molar-refractivity contribution >= 4 is 66.5 Å². The van der Waals surface area contributed by atoms with E-state index in [2.05, 4.69) is 77.0 Å². The van der Waals surface area contributed by atoms with Gasteiger partial charge in [-0.15, -0.1) is 13.4 Å². The van der Waals surface area contributed by atoms with Crippen molar-refractivity contribution in [1.29, 1.82) is 0 Å². The molecule has 0 saturated carbocycles. The SMILES string of the molecule is CN(CCCCCC(=O)On1c(O)ccc1O)CCNC(=O)C(CCCC[N+](C)(C)C)NC(=O)C(CSOOO)NC(=O)CCc1cc(CCCSOOO)c2n1[B-](F)(F)[N+]1=C(c3ccccc3)C=C(CCC[N+](C)(C)C)C1=C2. The average Bonchev–Trinajstić information content (AvgIpc) is 3.61. The minimum atomic E-state index is -4.53. The van der Waals surface area contributed by atoms with Crippen LogP contribution in [0.1, 0.15) is 93.1 Å². The van der Waals surface area contributed by atoms with Crippen LogP contribution in [0.2, 0.25) is 0 Å². The highest BCUT2D eigenvalue weighted by Crippen LogP contribution is 2.40. The molecule has 0 bridgehead atoms. The lowest BCUT2D eigenvalue weighted by Gasteiger charge is -2.32. The summed E-state index contributed by atoms with van der Waals surface area (Å²) in [6.45, 7) is -1.51. The maximum absolute atomic E-state index is 17.7. The predicted octanol–water partition coefficient (Wildman–Crippen LogP) is 5.32. The molecule has 0 spiro atoms. The summed E-state index contributed by atoms with van der Waals surface area (Å²) in [4.78, 5) is 61.0. The first kappa shape index (κ1) is 64.5. The number of unbranched alkanes of at least 4 members (excludes halogenated alkanes) is 3. The molecule has 0 saturated heterocycles. The topological polar surface area (TPSA) is 248 Å². The minimum absolute atomic E-state index is 0.0780. The monoisotopic (exact) mass is 1150 g/mol. The molecule has 2 unspecified atom stereocenters. The molecule has 438 valence electrons. The van der Waals surface area contributed by atoms with Gasteiger partial charge in [0, 0.05) is 103 Å². The standard InChI is InChI=1S/C52H78BF2N9O13S2/c1-59(29-14-9-12-23-50(68)73-62-48(66)26-27-49(62)67)30-28-56-51(69)42(22-13-15-31-63(2,3)4)58-52(70)43(37-79-77-75-72)57-47(65)25-24-41-34-39(21-17-33-78-76-74-71)45-36-46-40(20-16-32-64(5,6)7)35-44(38-18-10-8-11-19-38)61(46)53(54,55)60(41)45/h8,10-11,18-19,26-27,34-36,42-43H,9,12-17,20-25,28-33,37H2,1-7H3,(H5-2,56,57,58,65,66,67,69,70,71,72)/p+2. The number of amides is 3. The number of carbonyl (C=O) groups excluding carboxylic acids is 4. The number of hydrogen-bond acceptors (Lipinski definition) is 16. The molecule has 27 heteroatoms. The second-order valence-corrected chi connectivity index (χ2v) is 23.3. The normalized spacial score (nSPS) is 14.8. The lowest BCUT2D eigenvalue weighted by atomic mass is 9.88. The Kier molecular flexibility index (Phi) is 25.3. The molecule has 1 aromatic carbocycles. The molecular weight excluding hydrogens is 1070 g/mol. The molecule has 3 aromatic rings. The van der Waals surface area contributed by atoms with Gasteiger partial charge in [0.05, 0.1) is 61.1 Å². The number of aryl methyl sites for hydroxylation is 2. The molecule has 2 atom stereocenters. The second-order valence-electron chi connectivity index (χ2n) is 21.8. The fourth-order valence-electron chi connectivity index (χ4n) is 9.42. The van der Waals surface area contributed by atoms with E-state index in [9.17, 15) is 29.4 Å². The number of hydrogen-bond donors (Lipinski definition) is 7. The number of halogens is 2. The highest BCUT2D eigenvalue weighted by molar-refractivity contribution is 7.94. The predicted molar refractivity (Wildman–Crippen MR) is 297 cm³/mol. The van der Waals surface area contributed by atoms with E-state index < -0.39 is 54.5 Å². The van der Waals surface area contributed by atoms with Crippen molar-refractivity contribution in [2.75, 3.05) is 93.6 Å². The van der Waals surface area contributed by atoms with Gasteiger partial charge in [0.15, 0.2) is 11.4 Å². The number of quaternary nitrogens is 2. The number of nitrogens with zero attached hydrogens (tertiary/aromatic N) is 6. The van der Waals surface area contributed by atoms with Crippen LogP contribution in [0.25, 0.3) is 6.08 Å². The van der Waals surface area contributed by atoms with Gasteiger partial charge in [-0.3, -0.25) is 14.4 Å². The van der Waals surface area contributed by atoms with E-state index in [0.717, 1.165) is 63.4 Å². The van der Waals surface area contributed by atoms with Gasteiger partial charge in [-0.2, -0.15) is 0 Å². The van der Waals surface area contributed by atoms with Gasteiger partial charge < -0.3 is 62.5 Å². The Balaban J connectivity index is 1.27. The van der Waals surface area contributed by atoms with Crippen LogP contribution in [0.5, 0.6) is 11.8 Å². The van der Waals surface area contributed by atoms with E-state index in [0.29, 0.717) is 107 Å². The van der Waals surface area contributed by atoms with Gasteiger partial charge in [-0.25, -0.2) is 15.3 Å². The molecule has 3 amide bonds. The zero-order valence-corrected chi connectivity index (χ0v) is 48.0. The van der Waals surface area contributed by atoms with Gasteiger partial charge >= 0.3 is 12.9 Å². The first-order valence-corrected chi connectivity index (χ1v) is 28.4. The summed E-state index contributed by atoms with van der Waals surface area (Å²) in [5.41, 5.74) is 3.37. The molecule has 5 rings (SSSR count). The van der Waals surface area contributed by atoms with Crippen LogP contribution in [0.4, 0.5) is 8.63 Å². The fourth-order valence-corrected chi connectivity index (χ4v) is 10.3. The van der Waals surface area contributed by atoms with Crippen LogP contribution >= 0.6 is 24.1 Å². The van der Waals surface area contributed by atoms with E-state index in [4.69, 9.17) is 15.4 Å².